The molecule has 1 aliphatic heterocycles. The number of ether oxygens (including phenoxy) is 1. The van der Waals surface area contributed by atoms with Gasteiger partial charge in [0.2, 0.25) is 0 Å². The van der Waals surface area contributed by atoms with Crippen molar-refractivity contribution in [2.24, 2.45) is 0 Å². The molecule has 0 aliphatic carbocycles. The van der Waals surface area contributed by atoms with E-state index < -0.39 is 0 Å². The van der Waals surface area contributed by atoms with Gasteiger partial charge in [-0.25, -0.2) is 4.79 Å². The quantitative estimate of drug-likeness (QED) is 0.407. The summed E-state index contributed by atoms with van der Waals surface area (Å²) < 4.78 is 11.2. The molecule has 6 nitrogen and oxygen atoms in total. The smallest absolute Gasteiger partial charge is 0.342 e. The van der Waals surface area contributed by atoms with Gasteiger partial charge in [0, 0.05) is 27.9 Å². The Kier molecular flexibility index (Phi) is 3.49. The number of H-pyrrole nitrogens is 1. The fourth-order valence-electron chi connectivity index (χ4n) is 4.44. The number of methoxy groups -OCH3 is 1. The molecule has 0 saturated heterocycles. The first-order chi connectivity index (χ1) is 14.7. The molecule has 3 aromatic carbocycles. The van der Waals surface area contributed by atoms with Crippen molar-refractivity contribution >= 4 is 33.2 Å². The van der Waals surface area contributed by atoms with Crippen LogP contribution in [0, 0.1) is 0 Å². The van der Waals surface area contributed by atoms with Crippen molar-refractivity contribution in [2.75, 3.05) is 12.4 Å². The Morgan fingerprint density at radius 3 is 2.83 bits per heavy atom. The molecular formula is C24H17N3O3. The molecule has 5 aromatic rings. The van der Waals surface area contributed by atoms with Crippen LogP contribution in [0.3, 0.4) is 0 Å². The number of anilines is 2. The van der Waals surface area contributed by atoms with Crippen LogP contribution >= 0.6 is 0 Å². The summed E-state index contributed by atoms with van der Waals surface area (Å²) in [6, 6.07) is 19.4. The van der Waals surface area contributed by atoms with Crippen LogP contribution < -0.4 is 15.7 Å². The molecule has 0 amide bonds. The predicted octanol–water partition coefficient (Wildman–Crippen LogP) is 4.92. The fourth-order valence-corrected chi connectivity index (χ4v) is 4.44. The van der Waals surface area contributed by atoms with Gasteiger partial charge in [-0.3, -0.25) is 5.10 Å². The minimum Gasteiger partial charge on any atom is -0.497 e. The van der Waals surface area contributed by atoms with Crippen molar-refractivity contribution in [2.45, 2.75) is 5.92 Å². The summed E-state index contributed by atoms with van der Waals surface area (Å²) in [5.41, 5.74) is 5.30. The molecule has 146 valence electrons. The molecule has 6 heteroatoms. The largest absolute Gasteiger partial charge is 0.497 e. The van der Waals surface area contributed by atoms with Gasteiger partial charge in [0.15, 0.2) is 0 Å². The standard InChI is InChI=1S/C24H17N3O3/c1-29-15-6-4-5-13(11-15)19-20-17(10-9-14-12-25-27-22(14)20)26-23-16-7-2-3-8-18(16)30-24(28)21(19)23/h2-12,19,26H,1H3,(H,25,27). The Hall–Kier alpha value is -4.06. The van der Waals surface area contributed by atoms with Crippen LogP contribution in [0.2, 0.25) is 0 Å². The molecule has 2 N–H and O–H groups in total. The van der Waals surface area contributed by atoms with Crippen molar-refractivity contribution in [1.82, 2.24) is 10.2 Å². The van der Waals surface area contributed by atoms with E-state index in [1.807, 2.05) is 60.7 Å². The van der Waals surface area contributed by atoms with Gasteiger partial charge in [-0.15, -0.1) is 0 Å². The molecule has 6 rings (SSSR count). The van der Waals surface area contributed by atoms with Crippen molar-refractivity contribution in [3.05, 3.63) is 94.0 Å². The number of para-hydroxylation sites is 1. The second-order valence-corrected chi connectivity index (χ2v) is 7.37. The first-order valence-electron chi connectivity index (χ1n) is 9.67. The highest BCUT2D eigenvalue weighted by Gasteiger charge is 2.34. The van der Waals surface area contributed by atoms with Crippen molar-refractivity contribution in [3.8, 4) is 5.75 Å². The number of hydrogen-bond acceptors (Lipinski definition) is 5. The van der Waals surface area contributed by atoms with E-state index in [4.69, 9.17) is 9.15 Å². The SMILES string of the molecule is COc1cccc(C2c3c(c4ccccc4oc3=O)Nc3ccc4cn[nH]c4c32)c1. The molecule has 30 heavy (non-hydrogen) atoms. The van der Waals surface area contributed by atoms with Crippen LogP contribution in [0.25, 0.3) is 21.9 Å². The maximum atomic E-state index is 13.2. The minimum absolute atomic E-state index is 0.337. The van der Waals surface area contributed by atoms with Gasteiger partial charge >= 0.3 is 5.63 Å². The Labute approximate surface area is 171 Å². The lowest BCUT2D eigenvalue weighted by atomic mass is 9.80. The Morgan fingerprint density at radius 2 is 1.93 bits per heavy atom. The van der Waals surface area contributed by atoms with Crippen molar-refractivity contribution in [3.63, 3.8) is 0 Å². The van der Waals surface area contributed by atoms with Gasteiger partial charge < -0.3 is 14.5 Å². The lowest BCUT2D eigenvalue weighted by Crippen LogP contribution is -2.22. The Bertz CT molecular complexity index is 1500. The summed E-state index contributed by atoms with van der Waals surface area (Å²) in [6.07, 6.45) is 1.79. The zero-order valence-corrected chi connectivity index (χ0v) is 16.1. The monoisotopic (exact) mass is 395 g/mol. The number of aromatic amines is 1. The number of nitrogens with zero attached hydrogens (tertiary/aromatic N) is 1. The molecule has 1 aliphatic rings. The Morgan fingerprint density at radius 1 is 1.03 bits per heavy atom. The normalized spacial score (nSPS) is 14.9. The second-order valence-electron chi connectivity index (χ2n) is 7.37. The molecule has 1 unspecified atom stereocenters. The first-order valence-corrected chi connectivity index (χ1v) is 9.67. The number of fused-ring (bicyclic) bond motifs is 6. The van der Waals surface area contributed by atoms with Gasteiger partial charge in [0.05, 0.1) is 30.1 Å². The molecule has 2 aromatic heterocycles. The van der Waals surface area contributed by atoms with Gasteiger partial charge in [0.1, 0.15) is 11.3 Å². The zero-order chi connectivity index (χ0) is 20.2. The van der Waals surface area contributed by atoms with Crippen molar-refractivity contribution in [1.29, 1.82) is 0 Å². The third-order valence-corrected chi connectivity index (χ3v) is 5.77. The van der Waals surface area contributed by atoms with Crippen LogP contribution in [-0.4, -0.2) is 17.3 Å². The van der Waals surface area contributed by atoms with E-state index in [0.717, 1.165) is 44.5 Å². The van der Waals surface area contributed by atoms with Gasteiger partial charge in [-0.1, -0.05) is 24.3 Å². The van der Waals surface area contributed by atoms with Crippen LogP contribution in [0.1, 0.15) is 22.6 Å². The van der Waals surface area contributed by atoms with E-state index in [9.17, 15) is 4.79 Å². The highest BCUT2D eigenvalue weighted by molar-refractivity contribution is 5.99. The van der Waals surface area contributed by atoms with E-state index in [-0.39, 0.29) is 11.5 Å². The predicted molar refractivity (Wildman–Crippen MR) is 116 cm³/mol. The van der Waals surface area contributed by atoms with E-state index in [0.29, 0.717) is 11.1 Å². The lowest BCUT2D eigenvalue weighted by Gasteiger charge is -2.30. The maximum absolute atomic E-state index is 13.2. The van der Waals surface area contributed by atoms with E-state index in [2.05, 4.69) is 15.5 Å². The van der Waals surface area contributed by atoms with Crippen LogP contribution in [-0.2, 0) is 0 Å². The average molecular weight is 395 g/mol. The summed E-state index contributed by atoms with van der Waals surface area (Å²) >= 11 is 0. The van der Waals surface area contributed by atoms with Gasteiger partial charge in [-0.05, 0) is 42.0 Å². The number of rotatable bonds is 2. The van der Waals surface area contributed by atoms with Crippen LogP contribution in [0.5, 0.6) is 5.75 Å². The van der Waals surface area contributed by atoms with Crippen LogP contribution in [0.15, 0.2) is 76.1 Å². The highest BCUT2D eigenvalue weighted by atomic mass is 16.5. The molecule has 1 atom stereocenters. The molecule has 0 spiro atoms. The number of nitrogens with one attached hydrogen (secondary N) is 2. The van der Waals surface area contributed by atoms with Crippen LogP contribution in [0.4, 0.5) is 11.4 Å². The zero-order valence-electron chi connectivity index (χ0n) is 16.1. The van der Waals surface area contributed by atoms with E-state index in [1.165, 1.54) is 0 Å². The summed E-state index contributed by atoms with van der Waals surface area (Å²) in [4.78, 5) is 13.2. The van der Waals surface area contributed by atoms with E-state index in [1.54, 1.807) is 13.3 Å². The van der Waals surface area contributed by atoms with Gasteiger partial charge in [0.25, 0.3) is 0 Å². The first kappa shape index (κ1) is 16.9. The molecule has 0 radical (unpaired) electrons. The van der Waals surface area contributed by atoms with Gasteiger partial charge in [-0.2, -0.15) is 5.10 Å². The topological polar surface area (TPSA) is 80.2 Å². The molecule has 0 saturated carbocycles. The summed E-state index contributed by atoms with van der Waals surface area (Å²) in [6.45, 7) is 0. The molecular weight excluding hydrogens is 378 g/mol. The third kappa shape index (κ3) is 2.30. The lowest BCUT2D eigenvalue weighted by molar-refractivity contribution is 0.414. The molecule has 0 bridgehead atoms. The molecule has 0 fully saturated rings. The highest BCUT2D eigenvalue weighted by Crippen LogP contribution is 2.48. The van der Waals surface area contributed by atoms with E-state index >= 15 is 0 Å². The number of hydrogen-bond donors (Lipinski definition) is 2. The summed E-state index contributed by atoms with van der Waals surface area (Å²) in [7, 11) is 1.64. The second kappa shape index (κ2) is 6.22. The number of aromatic nitrogens is 2. The molecule has 3 heterocycles. The summed E-state index contributed by atoms with van der Waals surface area (Å²) in [5.74, 6) is 0.396. The van der Waals surface area contributed by atoms with Crippen molar-refractivity contribution < 1.29 is 9.15 Å². The summed E-state index contributed by atoms with van der Waals surface area (Å²) in [5, 5.41) is 12.7. The fraction of sp³-hybridized carbons (Fsp3) is 0.0833. The third-order valence-electron chi connectivity index (χ3n) is 5.77. The Balaban J connectivity index is 1.75. The number of benzene rings is 3. The maximum Gasteiger partial charge on any atom is 0.342 e. The minimum atomic E-state index is -0.355. The average Bonchev–Trinajstić information content (AvgIpc) is 3.27.